The van der Waals surface area contributed by atoms with Gasteiger partial charge in [-0.15, -0.1) is 0 Å². The fraction of sp³-hybridized carbons (Fsp3) is 0.368. The summed E-state index contributed by atoms with van der Waals surface area (Å²) < 4.78 is 40.8. The Bertz CT molecular complexity index is 961. The van der Waals surface area contributed by atoms with E-state index in [1.807, 2.05) is 12.1 Å². The van der Waals surface area contributed by atoms with Crippen LogP contribution in [-0.2, 0) is 23.0 Å². The first-order chi connectivity index (χ1) is 13.0. The van der Waals surface area contributed by atoms with Crippen molar-refractivity contribution in [3.05, 3.63) is 58.4 Å². The topological polar surface area (TPSA) is 52.7 Å². The van der Waals surface area contributed by atoms with Gasteiger partial charge in [-0.25, -0.2) is 12.8 Å². The summed E-state index contributed by atoms with van der Waals surface area (Å²) in [5, 5.41) is 3.17. The number of nitrogens with one attached hydrogen (secondary N) is 1. The molecule has 0 aliphatic carbocycles. The number of fused-ring (bicyclic) bond motifs is 1. The molecule has 27 heavy (non-hydrogen) atoms. The standard InChI is InChI=1S/C19H21ClFN3O2S/c20-17-12-15(4-5-18(17)21)27(25,26)24-9-6-16-14(13-24)2-1-3-19(16)23-10-7-22-8-11-23/h1-5,12,22H,6-11,13H2. The van der Waals surface area contributed by atoms with E-state index in [9.17, 15) is 12.8 Å². The predicted molar refractivity (Wildman–Crippen MR) is 104 cm³/mol. The highest BCUT2D eigenvalue weighted by Crippen LogP contribution is 2.32. The molecule has 2 aliphatic rings. The number of halogens is 2. The average Bonchev–Trinajstić information content (AvgIpc) is 2.69. The predicted octanol–water partition coefficient (Wildman–Crippen LogP) is 2.64. The van der Waals surface area contributed by atoms with Gasteiger partial charge in [-0.05, 0) is 41.8 Å². The fourth-order valence-electron chi connectivity index (χ4n) is 3.76. The number of nitrogens with zero attached hydrogens (tertiary/aromatic N) is 2. The fourth-order valence-corrected chi connectivity index (χ4v) is 5.45. The average molecular weight is 410 g/mol. The number of benzene rings is 2. The molecule has 0 atom stereocenters. The van der Waals surface area contributed by atoms with Gasteiger partial charge in [-0.3, -0.25) is 0 Å². The van der Waals surface area contributed by atoms with Crippen LogP contribution in [0.5, 0.6) is 0 Å². The van der Waals surface area contributed by atoms with E-state index in [0.29, 0.717) is 19.5 Å². The molecule has 2 aliphatic heterocycles. The van der Waals surface area contributed by atoms with E-state index in [2.05, 4.69) is 16.3 Å². The molecule has 0 saturated carbocycles. The summed E-state index contributed by atoms with van der Waals surface area (Å²) in [7, 11) is -3.72. The molecule has 8 heteroatoms. The van der Waals surface area contributed by atoms with Crippen molar-refractivity contribution in [1.82, 2.24) is 9.62 Å². The minimum Gasteiger partial charge on any atom is -0.369 e. The molecule has 1 N–H and O–H groups in total. The quantitative estimate of drug-likeness (QED) is 0.846. The molecule has 2 aromatic rings. The summed E-state index contributed by atoms with van der Waals surface area (Å²) in [5.74, 6) is -0.625. The number of hydrogen-bond donors (Lipinski definition) is 1. The van der Waals surface area contributed by atoms with Crippen molar-refractivity contribution in [1.29, 1.82) is 0 Å². The number of sulfonamides is 1. The van der Waals surface area contributed by atoms with E-state index < -0.39 is 15.8 Å². The lowest BCUT2D eigenvalue weighted by Gasteiger charge is -2.35. The summed E-state index contributed by atoms with van der Waals surface area (Å²) in [6.45, 7) is 4.52. The highest BCUT2D eigenvalue weighted by atomic mass is 35.5. The van der Waals surface area contributed by atoms with Crippen LogP contribution in [0, 0.1) is 5.82 Å². The molecule has 0 spiro atoms. The Hall–Kier alpha value is -1.67. The third-order valence-electron chi connectivity index (χ3n) is 5.19. The van der Waals surface area contributed by atoms with Crippen molar-refractivity contribution in [3.63, 3.8) is 0 Å². The summed E-state index contributed by atoms with van der Waals surface area (Å²) in [5.41, 5.74) is 3.45. The van der Waals surface area contributed by atoms with Gasteiger partial charge in [0.1, 0.15) is 5.82 Å². The molecule has 0 aromatic heterocycles. The Morgan fingerprint density at radius 3 is 2.59 bits per heavy atom. The van der Waals surface area contributed by atoms with Gasteiger partial charge >= 0.3 is 0 Å². The molecule has 0 unspecified atom stereocenters. The summed E-state index contributed by atoms with van der Waals surface area (Å²) in [6.07, 6.45) is 0.656. The number of piperazine rings is 1. The number of anilines is 1. The summed E-state index contributed by atoms with van der Waals surface area (Å²) >= 11 is 5.78. The monoisotopic (exact) mass is 409 g/mol. The molecular weight excluding hydrogens is 389 g/mol. The minimum absolute atomic E-state index is 0.0237. The first-order valence-electron chi connectivity index (χ1n) is 8.98. The molecule has 2 aromatic carbocycles. The van der Waals surface area contributed by atoms with Crippen LogP contribution in [0.15, 0.2) is 41.3 Å². The van der Waals surface area contributed by atoms with E-state index in [-0.39, 0.29) is 9.92 Å². The minimum atomic E-state index is -3.72. The SMILES string of the molecule is O=S(=O)(c1ccc(F)c(Cl)c1)N1CCc2c(cccc2N2CCNCC2)C1. The first-order valence-corrected chi connectivity index (χ1v) is 10.8. The van der Waals surface area contributed by atoms with Crippen LogP contribution >= 0.6 is 11.6 Å². The molecule has 1 saturated heterocycles. The molecule has 1 fully saturated rings. The molecule has 0 radical (unpaired) electrons. The van der Waals surface area contributed by atoms with Gasteiger partial charge in [0.05, 0.1) is 9.92 Å². The van der Waals surface area contributed by atoms with Crippen molar-refractivity contribution in [2.75, 3.05) is 37.6 Å². The van der Waals surface area contributed by atoms with Crippen LogP contribution in [0.1, 0.15) is 11.1 Å². The highest BCUT2D eigenvalue weighted by Gasteiger charge is 2.30. The Labute approximate surface area is 163 Å². The zero-order chi connectivity index (χ0) is 19.0. The van der Waals surface area contributed by atoms with Crippen molar-refractivity contribution in [3.8, 4) is 0 Å². The van der Waals surface area contributed by atoms with Gasteiger partial charge in [-0.2, -0.15) is 4.31 Å². The second-order valence-electron chi connectivity index (χ2n) is 6.82. The molecule has 0 bridgehead atoms. The van der Waals surface area contributed by atoms with Crippen LogP contribution in [0.4, 0.5) is 10.1 Å². The van der Waals surface area contributed by atoms with E-state index >= 15 is 0 Å². The van der Waals surface area contributed by atoms with Crippen LogP contribution in [-0.4, -0.2) is 45.4 Å². The summed E-state index contributed by atoms with van der Waals surface area (Å²) in [4.78, 5) is 2.38. The number of hydrogen-bond acceptors (Lipinski definition) is 4. The Morgan fingerprint density at radius 1 is 1.07 bits per heavy atom. The van der Waals surface area contributed by atoms with Crippen LogP contribution in [0.2, 0.25) is 5.02 Å². The zero-order valence-electron chi connectivity index (χ0n) is 14.8. The van der Waals surface area contributed by atoms with Crippen LogP contribution in [0.3, 0.4) is 0 Å². The molecule has 2 heterocycles. The van der Waals surface area contributed by atoms with Crippen LogP contribution in [0.25, 0.3) is 0 Å². The van der Waals surface area contributed by atoms with Gasteiger partial charge in [0.15, 0.2) is 0 Å². The smallest absolute Gasteiger partial charge is 0.243 e. The zero-order valence-corrected chi connectivity index (χ0v) is 16.4. The Morgan fingerprint density at radius 2 is 1.85 bits per heavy atom. The van der Waals surface area contributed by atoms with Gasteiger partial charge < -0.3 is 10.2 Å². The normalized spacial score (nSPS) is 18.4. The second kappa shape index (κ2) is 7.39. The molecule has 144 valence electrons. The van der Waals surface area contributed by atoms with E-state index in [4.69, 9.17) is 11.6 Å². The van der Waals surface area contributed by atoms with Crippen molar-refractivity contribution < 1.29 is 12.8 Å². The highest BCUT2D eigenvalue weighted by molar-refractivity contribution is 7.89. The third-order valence-corrected chi connectivity index (χ3v) is 7.32. The van der Waals surface area contributed by atoms with Crippen LogP contribution < -0.4 is 10.2 Å². The van der Waals surface area contributed by atoms with Crippen molar-refractivity contribution in [2.45, 2.75) is 17.9 Å². The maximum Gasteiger partial charge on any atom is 0.243 e. The molecule has 0 amide bonds. The van der Waals surface area contributed by atoms with E-state index in [0.717, 1.165) is 37.8 Å². The van der Waals surface area contributed by atoms with Gasteiger partial charge in [0.2, 0.25) is 10.0 Å². The van der Waals surface area contributed by atoms with Gasteiger partial charge in [0.25, 0.3) is 0 Å². The largest absolute Gasteiger partial charge is 0.369 e. The van der Waals surface area contributed by atoms with Crippen molar-refractivity contribution in [2.24, 2.45) is 0 Å². The van der Waals surface area contributed by atoms with E-state index in [1.165, 1.54) is 27.7 Å². The lowest BCUT2D eigenvalue weighted by molar-refractivity contribution is 0.391. The van der Waals surface area contributed by atoms with Gasteiger partial charge in [-0.1, -0.05) is 23.7 Å². The Balaban J connectivity index is 1.62. The second-order valence-corrected chi connectivity index (χ2v) is 9.16. The first kappa shape index (κ1) is 18.7. The maximum atomic E-state index is 13.4. The van der Waals surface area contributed by atoms with Gasteiger partial charge in [0, 0.05) is 45.0 Å². The maximum absolute atomic E-state index is 13.4. The third kappa shape index (κ3) is 3.57. The Kier molecular flexibility index (Phi) is 5.11. The number of rotatable bonds is 3. The molecular formula is C19H21ClFN3O2S. The van der Waals surface area contributed by atoms with Crippen molar-refractivity contribution >= 4 is 27.3 Å². The lowest BCUT2D eigenvalue weighted by Crippen LogP contribution is -2.44. The van der Waals surface area contributed by atoms with E-state index in [1.54, 1.807) is 0 Å². The summed E-state index contributed by atoms with van der Waals surface area (Å²) in [6, 6.07) is 9.63. The lowest BCUT2D eigenvalue weighted by atomic mass is 9.98. The molecule has 4 rings (SSSR count). The molecule has 5 nitrogen and oxygen atoms in total.